The summed E-state index contributed by atoms with van der Waals surface area (Å²) >= 11 is 0. The maximum atomic E-state index is 12.1. The Bertz CT molecular complexity index is 831. The van der Waals surface area contributed by atoms with Gasteiger partial charge in [-0.25, -0.2) is 0 Å². The summed E-state index contributed by atoms with van der Waals surface area (Å²) in [6.45, 7) is 3.64. The van der Waals surface area contributed by atoms with Gasteiger partial charge in [0.05, 0.1) is 25.9 Å². The molecule has 1 amide bonds. The van der Waals surface area contributed by atoms with Crippen molar-refractivity contribution in [1.82, 2.24) is 0 Å². The molecule has 0 saturated heterocycles. The second-order valence-corrected chi connectivity index (χ2v) is 5.62. The number of benzene rings is 2. The molecule has 0 saturated carbocycles. The third kappa shape index (κ3) is 4.44. The van der Waals surface area contributed by atoms with Crippen molar-refractivity contribution in [3.63, 3.8) is 0 Å². The third-order valence-corrected chi connectivity index (χ3v) is 3.87. The Labute approximate surface area is 151 Å². The van der Waals surface area contributed by atoms with E-state index in [0.717, 1.165) is 11.1 Å². The number of aromatic carboxylic acids is 1. The molecule has 26 heavy (non-hydrogen) atoms. The summed E-state index contributed by atoms with van der Waals surface area (Å²) in [5, 5.41) is 13.8. The van der Waals surface area contributed by atoms with E-state index in [1.165, 1.54) is 26.4 Å². The molecular formula is C19H20NO6-. The predicted octanol–water partition coefficient (Wildman–Crippen LogP) is 1.70. The van der Waals surface area contributed by atoms with Crippen LogP contribution in [0.1, 0.15) is 21.5 Å². The zero-order valence-electron chi connectivity index (χ0n) is 15.0. The number of aryl methyl sites for hydroxylation is 2. The number of carboxylic acid groups (broad SMARTS) is 1. The summed E-state index contributed by atoms with van der Waals surface area (Å²) in [7, 11) is 2.79. The number of carbonyl (C=O) groups is 2. The highest BCUT2D eigenvalue weighted by Gasteiger charge is 2.14. The van der Waals surface area contributed by atoms with Crippen LogP contribution >= 0.6 is 0 Å². The highest BCUT2D eigenvalue weighted by atomic mass is 16.5. The second kappa shape index (κ2) is 8.24. The average Bonchev–Trinajstić information content (AvgIpc) is 2.62. The Morgan fingerprint density at radius 3 is 2.23 bits per heavy atom. The van der Waals surface area contributed by atoms with Gasteiger partial charge in [-0.2, -0.15) is 0 Å². The van der Waals surface area contributed by atoms with Gasteiger partial charge in [-0.1, -0.05) is 6.07 Å². The molecule has 2 aromatic rings. The van der Waals surface area contributed by atoms with Crippen LogP contribution in [0, 0.1) is 13.8 Å². The standard InChI is InChI=1S/C19H21NO6/c1-11-5-6-13(7-12(11)2)26-10-18(21)20-15-9-17(25-4)16(24-3)8-14(15)19(22)23/h5-9H,10H2,1-4H3,(H,20,21)(H,22,23)/p-1. The fourth-order valence-corrected chi connectivity index (χ4v) is 2.29. The molecule has 0 aliphatic heterocycles. The van der Waals surface area contributed by atoms with Crippen LogP contribution in [-0.4, -0.2) is 32.7 Å². The first-order valence-corrected chi connectivity index (χ1v) is 7.83. The van der Waals surface area contributed by atoms with Crippen LogP contribution < -0.4 is 24.6 Å². The molecule has 0 atom stereocenters. The summed E-state index contributed by atoms with van der Waals surface area (Å²) < 4.78 is 15.6. The van der Waals surface area contributed by atoms with E-state index in [4.69, 9.17) is 14.2 Å². The van der Waals surface area contributed by atoms with Gasteiger partial charge in [0.15, 0.2) is 18.1 Å². The van der Waals surface area contributed by atoms with Gasteiger partial charge < -0.3 is 29.4 Å². The summed E-state index contributed by atoms with van der Waals surface area (Å²) in [4.78, 5) is 23.5. The van der Waals surface area contributed by atoms with Crippen LogP contribution in [0.5, 0.6) is 17.2 Å². The Morgan fingerprint density at radius 1 is 1.00 bits per heavy atom. The first-order valence-electron chi connectivity index (χ1n) is 7.83. The molecular weight excluding hydrogens is 338 g/mol. The van der Waals surface area contributed by atoms with Gasteiger partial charge >= 0.3 is 0 Å². The van der Waals surface area contributed by atoms with Gasteiger partial charge in [0.25, 0.3) is 5.91 Å². The molecule has 138 valence electrons. The number of methoxy groups -OCH3 is 2. The lowest BCUT2D eigenvalue weighted by molar-refractivity contribution is -0.254. The van der Waals surface area contributed by atoms with Crippen molar-refractivity contribution >= 4 is 17.6 Å². The van der Waals surface area contributed by atoms with E-state index < -0.39 is 11.9 Å². The van der Waals surface area contributed by atoms with Crippen LogP contribution in [0.15, 0.2) is 30.3 Å². The first-order chi connectivity index (χ1) is 12.3. The van der Waals surface area contributed by atoms with Crippen molar-refractivity contribution in [2.24, 2.45) is 0 Å². The summed E-state index contributed by atoms with van der Waals surface area (Å²) in [6, 6.07) is 8.07. The van der Waals surface area contributed by atoms with E-state index >= 15 is 0 Å². The molecule has 0 radical (unpaired) electrons. The number of rotatable bonds is 7. The normalized spacial score (nSPS) is 10.2. The number of carbonyl (C=O) groups excluding carboxylic acids is 2. The topological polar surface area (TPSA) is 96.9 Å². The van der Waals surface area contributed by atoms with Crippen molar-refractivity contribution in [3.8, 4) is 17.2 Å². The average molecular weight is 358 g/mol. The molecule has 0 fully saturated rings. The van der Waals surface area contributed by atoms with Gasteiger partial charge in [-0.05, 0) is 43.2 Å². The molecule has 1 N–H and O–H groups in total. The predicted molar refractivity (Wildman–Crippen MR) is 93.9 cm³/mol. The summed E-state index contributed by atoms with van der Waals surface area (Å²) in [5.41, 5.74) is 1.98. The smallest absolute Gasteiger partial charge is 0.262 e. The molecule has 0 aliphatic carbocycles. The fraction of sp³-hybridized carbons (Fsp3) is 0.263. The number of nitrogens with one attached hydrogen (secondary N) is 1. The highest BCUT2D eigenvalue weighted by Crippen LogP contribution is 2.33. The Balaban J connectivity index is 2.14. The molecule has 0 spiro atoms. The fourth-order valence-electron chi connectivity index (χ4n) is 2.29. The lowest BCUT2D eigenvalue weighted by atomic mass is 10.1. The monoisotopic (exact) mass is 358 g/mol. The molecule has 0 aromatic heterocycles. The SMILES string of the molecule is COc1cc(NC(=O)COc2ccc(C)c(C)c2)c(C(=O)[O-])cc1OC. The lowest BCUT2D eigenvalue weighted by Gasteiger charge is -2.16. The van der Waals surface area contributed by atoms with Gasteiger partial charge in [-0.3, -0.25) is 4.79 Å². The first kappa shape index (κ1) is 19.1. The largest absolute Gasteiger partial charge is 0.545 e. The van der Waals surface area contributed by atoms with E-state index in [2.05, 4.69) is 5.32 Å². The summed E-state index contributed by atoms with van der Waals surface area (Å²) in [5.74, 6) is -0.913. The Hall–Kier alpha value is -3.22. The number of hydrogen-bond acceptors (Lipinski definition) is 6. The molecule has 0 unspecified atom stereocenters. The van der Waals surface area contributed by atoms with Crippen LogP contribution in [0.25, 0.3) is 0 Å². The lowest BCUT2D eigenvalue weighted by Crippen LogP contribution is -2.26. The molecule has 7 heteroatoms. The van der Waals surface area contributed by atoms with Crippen LogP contribution in [0.3, 0.4) is 0 Å². The zero-order valence-corrected chi connectivity index (χ0v) is 15.0. The number of ether oxygens (including phenoxy) is 3. The van der Waals surface area contributed by atoms with Crippen molar-refractivity contribution in [3.05, 3.63) is 47.0 Å². The van der Waals surface area contributed by atoms with Crippen LogP contribution in [-0.2, 0) is 4.79 Å². The number of hydrogen-bond donors (Lipinski definition) is 1. The van der Waals surface area contributed by atoms with E-state index in [1.54, 1.807) is 6.07 Å². The number of anilines is 1. The van der Waals surface area contributed by atoms with Crippen LogP contribution in [0.2, 0.25) is 0 Å². The van der Waals surface area contributed by atoms with Crippen molar-refractivity contribution < 1.29 is 28.9 Å². The maximum absolute atomic E-state index is 12.1. The Kier molecular flexibility index (Phi) is 6.06. The molecule has 2 aromatic carbocycles. The van der Waals surface area contributed by atoms with Crippen LogP contribution in [0.4, 0.5) is 5.69 Å². The number of amides is 1. The van der Waals surface area contributed by atoms with E-state index in [-0.39, 0.29) is 29.4 Å². The molecule has 0 heterocycles. The van der Waals surface area contributed by atoms with Gasteiger partial charge in [0.1, 0.15) is 5.75 Å². The van der Waals surface area contributed by atoms with Crippen molar-refractivity contribution in [2.75, 3.05) is 26.1 Å². The Morgan fingerprint density at radius 2 is 1.65 bits per heavy atom. The van der Waals surface area contributed by atoms with E-state index in [9.17, 15) is 14.7 Å². The minimum Gasteiger partial charge on any atom is -0.545 e. The van der Waals surface area contributed by atoms with Crippen molar-refractivity contribution in [1.29, 1.82) is 0 Å². The van der Waals surface area contributed by atoms with Gasteiger partial charge in [0, 0.05) is 11.6 Å². The molecule has 7 nitrogen and oxygen atoms in total. The molecule has 0 aliphatic rings. The maximum Gasteiger partial charge on any atom is 0.262 e. The molecule has 2 rings (SSSR count). The summed E-state index contributed by atoms with van der Waals surface area (Å²) in [6.07, 6.45) is 0. The number of carboxylic acids is 1. The minimum absolute atomic E-state index is 0.0383. The van der Waals surface area contributed by atoms with Gasteiger partial charge in [-0.15, -0.1) is 0 Å². The van der Waals surface area contributed by atoms with Gasteiger partial charge in [0.2, 0.25) is 0 Å². The minimum atomic E-state index is -1.45. The highest BCUT2D eigenvalue weighted by molar-refractivity contribution is 6.01. The van der Waals surface area contributed by atoms with E-state index in [0.29, 0.717) is 5.75 Å². The third-order valence-electron chi connectivity index (χ3n) is 3.87. The van der Waals surface area contributed by atoms with E-state index in [1.807, 2.05) is 26.0 Å². The quantitative estimate of drug-likeness (QED) is 0.809. The van der Waals surface area contributed by atoms with Crippen molar-refractivity contribution in [2.45, 2.75) is 13.8 Å². The molecule has 0 bridgehead atoms. The second-order valence-electron chi connectivity index (χ2n) is 5.62. The zero-order chi connectivity index (χ0) is 19.3.